The average Bonchev–Trinajstić information content (AvgIpc) is 2.68. The number of hydrogen-bond donors (Lipinski definition) is 1. The summed E-state index contributed by atoms with van der Waals surface area (Å²) >= 11 is 0. The van der Waals surface area contributed by atoms with E-state index in [1.54, 1.807) is 7.11 Å². The van der Waals surface area contributed by atoms with Gasteiger partial charge in [0.15, 0.2) is 0 Å². The number of ether oxygens (including phenoxy) is 1. The van der Waals surface area contributed by atoms with E-state index >= 15 is 0 Å². The minimum atomic E-state index is -0.176. The van der Waals surface area contributed by atoms with Crippen molar-refractivity contribution < 1.29 is 9.13 Å². The van der Waals surface area contributed by atoms with Crippen LogP contribution in [0.3, 0.4) is 0 Å². The predicted octanol–water partition coefficient (Wildman–Crippen LogP) is 2.27. The summed E-state index contributed by atoms with van der Waals surface area (Å²) in [6, 6.07) is 7.52. The number of methoxy groups -OCH3 is 1. The van der Waals surface area contributed by atoms with Crippen molar-refractivity contribution >= 4 is 0 Å². The van der Waals surface area contributed by atoms with E-state index in [1.807, 2.05) is 12.1 Å². The van der Waals surface area contributed by atoms with Crippen LogP contribution in [-0.2, 0) is 4.74 Å². The van der Waals surface area contributed by atoms with Gasteiger partial charge in [-0.3, -0.25) is 0 Å². The van der Waals surface area contributed by atoms with Crippen molar-refractivity contribution in [2.75, 3.05) is 13.7 Å². The molecule has 1 saturated heterocycles. The molecule has 0 saturated carbocycles. The topological polar surface area (TPSA) is 21.3 Å². The fourth-order valence-corrected chi connectivity index (χ4v) is 2.11. The Kier molecular flexibility index (Phi) is 3.34. The fraction of sp³-hybridized carbons (Fsp3) is 0.500. The van der Waals surface area contributed by atoms with Gasteiger partial charge in [-0.15, -0.1) is 0 Å². The molecule has 2 rings (SSSR count). The zero-order valence-electron chi connectivity index (χ0n) is 8.87. The third-order valence-corrected chi connectivity index (χ3v) is 2.88. The Morgan fingerprint density at radius 2 is 2.07 bits per heavy atom. The van der Waals surface area contributed by atoms with Gasteiger partial charge in [0.05, 0.1) is 6.61 Å². The van der Waals surface area contributed by atoms with E-state index in [-0.39, 0.29) is 5.82 Å². The van der Waals surface area contributed by atoms with Gasteiger partial charge >= 0.3 is 0 Å². The molecule has 1 aliphatic rings. The molecule has 0 bridgehead atoms. The first-order valence-corrected chi connectivity index (χ1v) is 5.30. The Bertz CT molecular complexity index is 312. The number of rotatable bonds is 3. The zero-order chi connectivity index (χ0) is 10.7. The fourth-order valence-electron chi connectivity index (χ4n) is 2.11. The molecule has 1 fully saturated rings. The summed E-state index contributed by atoms with van der Waals surface area (Å²) < 4.78 is 17.8. The largest absolute Gasteiger partial charge is 0.383 e. The molecule has 3 heteroatoms. The molecule has 2 nitrogen and oxygen atoms in total. The van der Waals surface area contributed by atoms with E-state index in [4.69, 9.17) is 4.74 Å². The highest BCUT2D eigenvalue weighted by atomic mass is 19.1. The summed E-state index contributed by atoms with van der Waals surface area (Å²) in [5.41, 5.74) is 1.16. The standard InChI is InChI=1S/C12H16FNO/c1-15-8-11-6-7-12(14-11)9-2-4-10(13)5-3-9/h2-5,11-12,14H,6-8H2,1H3. The number of halogens is 1. The molecule has 2 unspecified atom stereocenters. The number of benzene rings is 1. The van der Waals surface area contributed by atoms with Crippen LogP contribution in [0.15, 0.2) is 24.3 Å². The van der Waals surface area contributed by atoms with E-state index < -0.39 is 0 Å². The maximum Gasteiger partial charge on any atom is 0.123 e. The van der Waals surface area contributed by atoms with Crippen molar-refractivity contribution in [3.05, 3.63) is 35.6 Å². The van der Waals surface area contributed by atoms with Crippen LogP contribution in [0.5, 0.6) is 0 Å². The maximum absolute atomic E-state index is 12.7. The molecule has 2 atom stereocenters. The highest BCUT2D eigenvalue weighted by Crippen LogP contribution is 2.26. The zero-order valence-corrected chi connectivity index (χ0v) is 8.87. The first kappa shape index (κ1) is 10.6. The number of hydrogen-bond acceptors (Lipinski definition) is 2. The van der Waals surface area contributed by atoms with Crippen molar-refractivity contribution in [3.63, 3.8) is 0 Å². The second-order valence-corrected chi connectivity index (χ2v) is 4.00. The summed E-state index contributed by atoms with van der Waals surface area (Å²) in [7, 11) is 1.72. The molecule has 82 valence electrons. The van der Waals surface area contributed by atoms with E-state index in [9.17, 15) is 4.39 Å². The smallest absolute Gasteiger partial charge is 0.123 e. The van der Waals surface area contributed by atoms with Crippen LogP contribution in [0, 0.1) is 5.82 Å². The highest BCUT2D eigenvalue weighted by molar-refractivity contribution is 5.21. The van der Waals surface area contributed by atoms with Crippen molar-refractivity contribution in [1.29, 1.82) is 0 Å². The quantitative estimate of drug-likeness (QED) is 0.824. The molecule has 15 heavy (non-hydrogen) atoms. The van der Waals surface area contributed by atoms with Crippen LogP contribution in [0.25, 0.3) is 0 Å². The SMILES string of the molecule is COCC1CCC(c2ccc(F)cc2)N1. The molecular formula is C12H16FNO. The first-order valence-electron chi connectivity index (χ1n) is 5.30. The molecule has 1 aliphatic heterocycles. The van der Waals surface area contributed by atoms with Gasteiger partial charge in [-0.1, -0.05) is 12.1 Å². The molecule has 0 radical (unpaired) electrons. The van der Waals surface area contributed by atoms with Crippen molar-refractivity contribution in [3.8, 4) is 0 Å². The van der Waals surface area contributed by atoms with Crippen LogP contribution in [0.4, 0.5) is 4.39 Å². The monoisotopic (exact) mass is 209 g/mol. The molecule has 0 aromatic heterocycles. The molecule has 1 N–H and O–H groups in total. The molecule has 0 amide bonds. The third-order valence-electron chi connectivity index (χ3n) is 2.88. The van der Waals surface area contributed by atoms with Gasteiger partial charge in [0.2, 0.25) is 0 Å². The summed E-state index contributed by atoms with van der Waals surface area (Å²) in [6.07, 6.45) is 2.22. The Balaban J connectivity index is 1.98. The van der Waals surface area contributed by atoms with Crippen molar-refractivity contribution in [1.82, 2.24) is 5.32 Å². The van der Waals surface area contributed by atoms with Gasteiger partial charge in [-0.2, -0.15) is 0 Å². The summed E-state index contributed by atoms with van der Waals surface area (Å²) in [4.78, 5) is 0. The van der Waals surface area contributed by atoms with Crippen LogP contribution >= 0.6 is 0 Å². The van der Waals surface area contributed by atoms with Gasteiger partial charge in [0.1, 0.15) is 5.82 Å². The van der Waals surface area contributed by atoms with E-state index in [1.165, 1.54) is 12.1 Å². The van der Waals surface area contributed by atoms with E-state index in [2.05, 4.69) is 5.32 Å². The molecule has 1 aromatic rings. The first-order chi connectivity index (χ1) is 7.29. The van der Waals surface area contributed by atoms with E-state index in [0.717, 1.165) is 25.0 Å². The predicted molar refractivity (Wildman–Crippen MR) is 57.2 cm³/mol. The molecule has 1 aromatic carbocycles. The minimum Gasteiger partial charge on any atom is -0.383 e. The second-order valence-electron chi connectivity index (χ2n) is 4.00. The van der Waals surface area contributed by atoms with Gasteiger partial charge in [0, 0.05) is 19.2 Å². The second kappa shape index (κ2) is 4.73. The van der Waals surface area contributed by atoms with E-state index in [0.29, 0.717) is 12.1 Å². The molecule has 0 aliphatic carbocycles. The highest BCUT2D eigenvalue weighted by Gasteiger charge is 2.24. The molecule has 1 heterocycles. The lowest BCUT2D eigenvalue weighted by Gasteiger charge is -2.13. The summed E-state index contributed by atoms with van der Waals surface area (Å²) in [5.74, 6) is -0.176. The van der Waals surface area contributed by atoms with Gasteiger partial charge in [0.25, 0.3) is 0 Å². The Morgan fingerprint density at radius 3 is 2.73 bits per heavy atom. The van der Waals surface area contributed by atoms with Crippen LogP contribution < -0.4 is 5.32 Å². The van der Waals surface area contributed by atoms with Gasteiger partial charge in [-0.05, 0) is 30.5 Å². The minimum absolute atomic E-state index is 0.176. The number of nitrogens with one attached hydrogen (secondary N) is 1. The third kappa shape index (κ3) is 2.55. The normalized spacial score (nSPS) is 25.7. The van der Waals surface area contributed by atoms with Crippen LogP contribution in [0.1, 0.15) is 24.4 Å². The van der Waals surface area contributed by atoms with Gasteiger partial charge in [-0.25, -0.2) is 4.39 Å². The van der Waals surface area contributed by atoms with Gasteiger partial charge < -0.3 is 10.1 Å². The lowest BCUT2D eigenvalue weighted by molar-refractivity contribution is 0.172. The Hall–Kier alpha value is -0.930. The van der Waals surface area contributed by atoms with Crippen LogP contribution in [0.2, 0.25) is 0 Å². The molecule has 0 spiro atoms. The lowest BCUT2D eigenvalue weighted by atomic mass is 10.1. The molecular weight excluding hydrogens is 193 g/mol. The average molecular weight is 209 g/mol. The Morgan fingerprint density at radius 1 is 1.33 bits per heavy atom. The maximum atomic E-state index is 12.7. The Labute approximate surface area is 89.4 Å². The van der Waals surface area contributed by atoms with Crippen molar-refractivity contribution in [2.24, 2.45) is 0 Å². The van der Waals surface area contributed by atoms with Crippen LogP contribution in [-0.4, -0.2) is 19.8 Å². The summed E-state index contributed by atoms with van der Waals surface area (Å²) in [5, 5.41) is 3.48. The summed E-state index contributed by atoms with van der Waals surface area (Å²) in [6.45, 7) is 0.748. The lowest BCUT2D eigenvalue weighted by Crippen LogP contribution is -2.28. The van der Waals surface area contributed by atoms with Crippen molar-refractivity contribution in [2.45, 2.75) is 24.9 Å².